The number of likely N-dealkylation sites (tertiary alicyclic amines) is 1. The number of carbonyl (C=O) groups excluding carboxylic acids is 1. The Morgan fingerprint density at radius 2 is 1.97 bits per heavy atom. The van der Waals surface area contributed by atoms with Crippen molar-refractivity contribution in [2.75, 3.05) is 20.1 Å². The summed E-state index contributed by atoms with van der Waals surface area (Å²) in [5, 5.41) is 12.9. The van der Waals surface area contributed by atoms with Gasteiger partial charge in [0.2, 0.25) is 0 Å². The molecule has 10 heteroatoms. The summed E-state index contributed by atoms with van der Waals surface area (Å²) in [5.41, 5.74) is -0.193. The molecule has 0 aromatic carbocycles. The van der Waals surface area contributed by atoms with Gasteiger partial charge in [0.25, 0.3) is 5.91 Å². The zero-order valence-electron chi connectivity index (χ0n) is 15.7. The number of halogens is 3. The third-order valence-corrected chi connectivity index (χ3v) is 7.11. The summed E-state index contributed by atoms with van der Waals surface area (Å²) in [6, 6.07) is 1.12. The van der Waals surface area contributed by atoms with Crippen LogP contribution in [0.25, 0.3) is 10.2 Å². The van der Waals surface area contributed by atoms with Gasteiger partial charge >= 0.3 is 12.3 Å². The van der Waals surface area contributed by atoms with E-state index in [0.29, 0.717) is 31.6 Å². The second-order valence-electron chi connectivity index (χ2n) is 7.91. The first-order valence-corrected chi connectivity index (χ1v) is 10.2. The molecule has 2 aromatic rings. The van der Waals surface area contributed by atoms with Gasteiger partial charge in [0.15, 0.2) is 0 Å². The highest BCUT2D eigenvalue weighted by atomic mass is 32.1. The number of thiophene rings is 1. The van der Waals surface area contributed by atoms with E-state index in [9.17, 15) is 22.8 Å². The van der Waals surface area contributed by atoms with Crippen molar-refractivity contribution in [2.24, 2.45) is 5.41 Å². The second-order valence-corrected chi connectivity index (χ2v) is 8.79. The van der Waals surface area contributed by atoms with E-state index in [1.165, 1.54) is 17.3 Å². The standard InChI is InChI=1S/C19H20F3N3O3S/c1-23-16(26)11-7-29-15-12(19(20,21)22)6-13(24-14(11)15)10-2-4-18(5-3-10)8-25(9-18)17(27)28/h6-7,10H,2-5,8-9H2,1H3,(H,23,26)(H,27,28). The molecule has 3 heterocycles. The predicted octanol–water partition coefficient (Wildman–Crippen LogP) is 4.31. The molecule has 1 aliphatic heterocycles. The van der Waals surface area contributed by atoms with E-state index in [1.807, 2.05) is 0 Å². The van der Waals surface area contributed by atoms with E-state index in [0.717, 1.165) is 30.2 Å². The molecule has 0 atom stereocenters. The highest BCUT2D eigenvalue weighted by molar-refractivity contribution is 7.17. The zero-order valence-corrected chi connectivity index (χ0v) is 16.5. The fourth-order valence-electron chi connectivity index (χ4n) is 4.48. The molecule has 0 bridgehead atoms. The first-order valence-electron chi connectivity index (χ1n) is 9.33. The van der Waals surface area contributed by atoms with Crippen molar-refractivity contribution in [1.29, 1.82) is 0 Å². The lowest BCUT2D eigenvalue weighted by Gasteiger charge is -2.52. The van der Waals surface area contributed by atoms with E-state index >= 15 is 0 Å². The molecule has 4 rings (SSSR count). The Morgan fingerprint density at radius 1 is 1.31 bits per heavy atom. The largest absolute Gasteiger partial charge is 0.465 e. The molecular formula is C19H20F3N3O3S. The fraction of sp³-hybridized carbons (Fsp3) is 0.526. The number of aromatic nitrogens is 1. The fourth-order valence-corrected chi connectivity index (χ4v) is 5.51. The van der Waals surface area contributed by atoms with E-state index in [-0.39, 0.29) is 27.1 Å². The zero-order chi connectivity index (χ0) is 21.0. The number of fused-ring (bicyclic) bond motifs is 1. The molecule has 1 aliphatic carbocycles. The predicted molar refractivity (Wildman–Crippen MR) is 101 cm³/mol. The van der Waals surface area contributed by atoms with Crippen LogP contribution < -0.4 is 5.32 Å². The molecule has 1 spiro atoms. The molecule has 1 saturated heterocycles. The number of hydrogen-bond donors (Lipinski definition) is 2. The highest BCUT2D eigenvalue weighted by Gasteiger charge is 2.47. The Kier molecular flexibility index (Phi) is 4.71. The quantitative estimate of drug-likeness (QED) is 0.748. The van der Waals surface area contributed by atoms with Gasteiger partial charge in [0.05, 0.1) is 21.3 Å². The van der Waals surface area contributed by atoms with Gasteiger partial charge in [-0.3, -0.25) is 9.78 Å². The van der Waals surface area contributed by atoms with Gasteiger partial charge in [-0.15, -0.1) is 11.3 Å². The second kappa shape index (κ2) is 6.86. The van der Waals surface area contributed by atoms with Crippen molar-refractivity contribution >= 4 is 33.6 Å². The SMILES string of the molecule is CNC(=O)c1csc2c(C(F)(F)F)cc(C3CCC4(CC3)CN(C(=O)O)C4)nc12. The van der Waals surface area contributed by atoms with Gasteiger partial charge in [-0.2, -0.15) is 13.2 Å². The van der Waals surface area contributed by atoms with Crippen molar-refractivity contribution in [1.82, 2.24) is 15.2 Å². The summed E-state index contributed by atoms with van der Waals surface area (Å²) < 4.78 is 41.0. The Labute approximate surface area is 168 Å². The smallest absolute Gasteiger partial charge is 0.417 e. The van der Waals surface area contributed by atoms with Crippen LogP contribution in [0.3, 0.4) is 0 Å². The Hall–Kier alpha value is -2.36. The number of amides is 2. The number of nitrogens with zero attached hydrogens (tertiary/aromatic N) is 2. The molecule has 0 radical (unpaired) electrons. The molecule has 29 heavy (non-hydrogen) atoms. The minimum Gasteiger partial charge on any atom is -0.465 e. The van der Waals surface area contributed by atoms with Gasteiger partial charge in [-0.25, -0.2) is 4.79 Å². The molecular weight excluding hydrogens is 407 g/mol. The summed E-state index contributed by atoms with van der Waals surface area (Å²) >= 11 is 0.877. The molecule has 156 valence electrons. The van der Waals surface area contributed by atoms with Crippen LogP contribution in [-0.4, -0.2) is 47.1 Å². The van der Waals surface area contributed by atoms with E-state index in [1.54, 1.807) is 0 Å². The maximum atomic E-state index is 13.7. The normalized spacial score (nSPS) is 19.4. The van der Waals surface area contributed by atoms with E-state index < -0.39 is 23.7 Å². The van der Waals surface area contributed by atoms with Crippen LogP contribution in [0.2, 0.25) is 0 Å². The lowest BCUT2D eigenvalue weighted by Crippen LogP contribution is -2.59. The molecule has 2 fully saturated rings. The van der Waals surface area contributed by atoms with Crippen molar-refractivity contribution in [2.45, 2.75) is 37.8 Å². The van der Waals surface area contributed by atoms with Crippen LogP contribution in [0, 0.1) is 5.41 Å². The summed E-state index contributed by atoms with van der Waals surface area (Å²) in [6.07, 6.45) is -2.64. The van der Waals surface area contributed by atoms with Crippen LogP contribution >= 0.6 is 11.3 Å². The average Bonchev–Trinajstić information content (AvgIpc) is 3.07. The van der Waals surface area contributed by atoms with Gasteiger partial charge in [0.1, 0.15) is 0 Å². The number of pyridine rings is 1. The minimum atomic E-state index is -4.54. The van der Waals surface area contributed by atoms with Crippen LogP contribution in [0.5, 0.6) is 0 Å². The number of hydrogen-bond acceptors (Lipinski definition) is 4. The third kappa shape index (κ3) is 3.43. The molecule has 6 nitrogen and oxygen atoms in total. The Morgan fingerprint density at radius 3 is 2.52 bits per heavy atom. The van der Waals surface area contributed by atoms with Crippen molar-refractivity contribution in [3.8, 4) is 0 Å². The van der Waals surface area contributed by atoms with Crippen molar-refractivity contribution in [3.05, 3.63) is 28.3 Å². The molecule has 2 aromatic heterocycles. The molecule has 1 saturated carbocycles. The van der Waals surface area contributed by atoms with Gasteiger partial charge in [-0.1, -0.05) is 0 Å². The van der Waals surface area contributed by atoms with Crippen LogP contribution in [0.15, 0.2) is 11.4 Å². The number of nitrogens with one attached hydrogen (secondary N) is 1. The number of alkyl halides is 3. The van der Waals surface area contributed by atoms with Gasteiger partial charge < -0.3 is 15.3 Å². The van der Waals surface area contributed by atoms with Crippen LogP contribution in [0.1, 0.15) is 53.2 Å². The summed E-state index contributed by atoms with van der Waals surface area (Å²) in [4.78, 5) is 28.9. The van der Waals surface area contributed by atoms with Crippen LogP contribution in [-0.2, 0) is 6.18 Å². The maximum absolute atomic E-state index is 13.7. The van der Waals surface area contributed by atoms with Gasteiger partial charge in [-0.05, 0) is 31.7 Å². The molecule has 2 aliphatic rings. The summed E-state index contributed by atoms with van der Waals surface area (Å²) in [5.74, 6) is -0.595. The summed E-state index contributed by atoms with van der Waals surface area (Å²) in [6.45, 7) is 0.974. The third-order valence-electron chi connectivity index (χ3n) is 6.11. The highest BCUT2D eigenvalue weighted by Crippen LogP contribution is 2.49. The first kappa shape index (κ1) is 19.9. The number of carbonyl (C=O) groups is 2. The lowest BCUT2D eigenvalue weighted by molar-refractivity contribution is -0.136. The lowest BCUT2D eigenvalue weighted by atomic mass is 9.65. The Bertz CT molecular complexity index is 972. The maximum Gasteiger partial charge on any atom is 0.417 e. The summed E-state index contributed by atoms with van der Waals surface area (Å²) in [7, 11) is 1.43. The minimum absolute atomic E-state index is 0.0248. The van der Waals surface area contributed by atoms with Crippen LogP contribution in [0.4, 0.5) is 18.0 Å². The molecule has 2 N–H and O–H groups in total. The van der Waals surface area contributed by atoms with Crippen molar-refractivity contribution in [3.63, 3.8) is 0 Å². The van der Waals surface area contributed by atoms with Crippen molar-refractivity contribution < 1.29 is 27.9 Å². The van der Waals surface area contributed by atoms with E-state index in [2.05, 4.69) is 10.3 Å². The monoisotopic (exact) mass is 427 g/mol. The average molecular weight is 427 g/mol. The molecule has 2 amide bonds. The van der Waals surface area contributed by atoms with E-state index in [4.69, 9.17) is 5.11 Å². The topological polar surface area (TPSA) is 82.5 Å². The first-order chi connectivity index (χ1) is 13.6. The van der Waals surface area contributed by atoms with Gasteiger partial charge in [0, 0.05) is 42.5 Å². The number of carboxylic acid groups (broad SMARTS) is 1. The number of rotatable bonds is 2. The Balaban J connectivity index is 1.64. The molecule has 0 unspecified atom stereocenters.